The van der Waals surface area contributed by atoms with Gasteiger partial charge < -0.3 is 9.84 Å². The van der Waals surface area contributed by atoms with E-state index in [0.29, 0.717) is 34.5 Å². The number of hydrogen-bond acceptors (Lipinski definition) is 7. The molecular weight excluding hydrogens is 498 g/mol. The van der Waals surface area contributed by atoms with Crippen LogP contribution in [0.2, 0.25) is 0 Å². The van der Waals surface area contributed by atoms with Crippen molar-refractivity contribution in [3.05, 3.63) is 88.8 Å². The predicted molar refractivity (Wildman–Crippen MR) is 150 cm³/mol. The van der Waals surface area contributed by atoms with Crippen LogP contribution >= 0.6 is 11.3 Å². The maximum Gasteiger partial charge on any atom is 0.301 e. The maximum atomic E-state index is 13.6. The molecule has 1 amide bonds. The molecule has 1 atom stereocenters. The van der Waals surface area contributed by atoms with Crippen LogP contribution in [-0.4, -0.2) is 33.4 Å². The van der Waals surface area contributed by atoms with Crippen molar-refractivity contribution >= 4 is 44.1 Å². The van der Waals surface area contributed by atoms with Crippen LogP contribution in [0.4, 0.5) is 5.13 Å². The van der Waals surface area contributed by atoms with E-state index in [1.807, 2.05) is 50.2 Å². The standard InChI is InChI=1S/C30H29N3O4S/c1-17(2)10-13-37-22-7-5-6-21(16-22)26-24(27(34)20-8-11-31-12-9-20)28(35)29(36)33(26)30-32-25-19(4)14-18(3)15-23(25)38-30/h5-9,11-12,14-17,26,34H,10,13H2,1-4H3/t26-/m1/s1. The van der Waals surface area contributed by atoms with E-state index in [0.717, 1.165) is 27.8 Å². The van der Waals surface area contributed by atoms with Crippen LogP contribution in [0.3, 0.4) is 0 Å². The summed E-state index contributed by atoms with van der Waals surface area (Å²) in [5.74, 6) is -0.615. The molecule has 0 aliphatic carbocycles. The Labute approximate surface area is 225 Å². The molecule has 1 aliphatic heterocycles. The number of rotatable bonds is 7. The van der Waals surface area contributed by atoms with Gasteiger partial charge in [-0.2, -0.15) is 0 Å². The van der Waals surface area contributed by atoms with Gasteiger partial charge in [-0.25, -0.2) is 4.98 Å². The lowest BCUT2D eigenvalue weighted by atomic mass is 9.95. The molecule has 0 saturated carbocycles. The second-order valence-electron chi connectivity index (χ2n) is 9.93. The number of pyridine rings is 1. The van der Waals surface area contributed by atoms with E-state index in [1.54, 1.807) is 12.1 Å². The molecule has 38 heavy (non-hydrogen) atoms. The Morgan fingerprint density at radius 2 is 1.87 bits per heavy atom. The fourth-order valence-corrected chi connectivity index (χ4v) is 5.83. The predicted octanol–water partition coefficient (Wildman–Crippen LogP) is 6.36. The Balaban J connectivity index is 1.67. The van der Waals surface area contributed by atoms with Crippen LogP contribution in [0, 0.1) is 19.8 Å². The number of ether oxygens (including phenoxy) is 1. The summed E-state index contributed by atoms with van der Waals surface area (Å²) < 4.78 is 6.91. The molecule has 1 N–H and O–H groups in total. The van der Waals surface area contributed by atoms with Crippen molar-refractivity contribution in [2.75, 3.05) is 11.5 Å². The number of hydrogen-bond donors (Lipinski definition) is 1. The number of carbonyl (C=O) groups excluding carboxylic acids is 2. The fourth-order valence-electron chi connectivity index (χ4n) is 4.66. The third kappa shape index (κ3) is 4.79. The highest BCUT2D eigenvalue weighted by molar-refractivity contribution is 7.22. The van der Waals surface area contributed by atoms with Gasteiger partial charge in [-0.1, -0.05) is 43.4 Å². The van der Waals surface area contributed by atoms with Crippen LogP contribution < -0.4 is 9.64 Å². The second-order valence-corrected chi connectivity index (χ2v) is 10.9. The highest BCUT2D eigenvalue weighted by Crippen LogP contribution is 2.45. The number of fused-ring (bicyclic) bond motifs is 1. The van der Waals surface area contributed by atoms with Crippen molar-refractivity contribution < 1.29 is 19.4 Å². The second kappa shape index (κ2) is 10.4. The topological polar surface area (TPSA) is 92.6 Å². The Kier molecular flexibility index (Phi) is 6.99. The molecule has 8 heteroatoms. The normalized spacial score (nSPS) is 17.1. The van der Waals surface area contributed by atoms with Crippen LogP contribution in [0.15, 0.2) is 66.5 Å². The number of amides is 1. The highest BCUT2D eigenvalue weighted by atomic mass is 32.1. The monoisotopic (exact) mass is 527 g/mol. The Morgan fingerprint density at radius 3 is 2.61 bits per heavy atom. The SMILES string of the molecule is Cc1cc(C)c2nc(N3C(=O)C(=O)C(=C(O)c4ccncc4)[C@H]3c3cccc(OCCC(C)C)c3)sc2c1. The largest absolute Gasteiger partial charge is 0.507 e. The molecule has 0 unspecified atom stereocenters. The fraction of sp³-hybridized carbons (Fsp3) is 0.267. The molecule has 5 rings (SSSR count). The van der Waals surface area contributed by atoms with Crippen molar-refractivity contribution in [2.45, 2.75) is 40.2 Å². The summed E-state index contributed by atoms with van der Waals surface area (Å²) in [5.41, 5.74) is 3.93. The van der Waals surface area contributed by atoms with E-state index in [9.17, 15) is 14.7 Å². The smallest absolute Gasteiger partial charge is 0.301 e. The summed E-state index contributed by atoms with van der Waals surface area (Å²) in [6, 6.07) is 13.7. The summed E-state index contributed by atoms with van der Waals surface area (Å²) in [4.78, 5) is 37.2. The number of nitrogens with zero attached hydrogens (tertiary/aromatic N) is 3. The third-order valence-electron chi connectivity index (χ3n) is 6.56. The average molecular weight is 528 g/mol. The molecule has 0 spiro atoms. The molecule has 1 saturated heterocycles. The first-order chi connectivity index (χ1) is 18.2. The summed E-state index contributed by atoms with van der Waals surface area (Å²) in [6.07, 6.45) is 3.96. The Morgan fingerprint density at radius 1 is 1.11 bits per heavy atom. The van der Waals surface area contributed by atoms with Crippen molar-refractivity contribution in [2.24, 2.45) is 5.92 Å². The number of aliphatic hydroxyl groups excluding tert-OH is 1. The van der Waals surface area contributed by atoms with Gasteiger partial charge in [-0.05, 0) is 73.2 Å². The number of carbonyl (C=O) groups is 2. The molecule has 4 aromatic rings. The first-order valence-corrected chi connectivity index (χ1v) is 13.4. The first-order valence-electron chi connectivity index (χ1n) is 12.6. The summed E-state index contributed by atoms with van der Waals surface area (Å²) in [7, 11) is 0. The van der Waals surface area contributed by atoms with Gasteiger partial charge in [-0.3, -0.25) is 19.5 Å². The van der Waals surface area contributed by atoms with Gasteiger partial charge in [0.15, 0.2) is 5.13 Å². The average Bonchev–Trinajstić information content (AvgIpc) is 3.42. The number of benzene rings is 2. The zero-order valence-electron chi connectivity index (χ0n) is 21.8. The van der Waals surface area contributed by atoms with Gasteiger partial charge in [0.1, 0.15) is 11.5 Å². The molecule has 2 aromatic heterocycles. The van der Waals surface area contributed by atoms with Gasteiger partial charge in [-0.15, -0.1) is 0 Å². The van der Waals surface area contributed by atoms with Crippen molar-refractivity contribution in [1.29, 1.82) is 0 Å². The zero-order valence-corrected chi connectivity index (χ0v) is 22.6. The van der Waals surface area contributed by atoms with Crippen molar-refractivity contribution in [3.8, 4) is 5.75 Å². The van der Waals surface area contributed by atoms with Gasteiger partial charge in [0.05, 0.1) is 28.4 Å². The van der Waals surface area contributed by atoms with Gasteiger partial charge in [0.25, 0.3) is 5.78 Å². The number of anilines is 1. The van der Waals surface area contributed by atoms with Crippen LogP contribution in [0.25, 0.3) is 16.0 Å². The van der Waals surface area contributed by atoms with Crippen molar-refractivity contribution in [3.63, 3.8) is 0 Å². The summed E-state index contributed by atoms with van der Waals surface area (Å²) >= 11 is 1.35. The molecule has 3 heterocycles. The Bertz CT molecular complexity index is 1560. The van der Waals surface area contributed by atoms with Gasteiger partial charge in [0, 0.05) is 18.0 Å². The molecule has 1 aliphatic rings. The number of aryl methyl sites for hydroxylation is 2. The molecule has 7 nitrogen and oxygen atoms in total. The van der Waals surface area contributed by atoms with Crippen LogP contribution in [-0.2, 0) is 9.59 Å². The molecule has 194 valence electrons. The van der Waals surface area contributed by atoms with Crippen molar-refractivity contribution in [1.82, 2.24) is 9.97 Å². The van der Waals surface area contributed by atoms with E-state index in [1.165, 1.54) is 28.6 Å². The quantitative estimate of drug-likeness (QED) is 0.171. The van der Waals surface area contributed by atoms with Gasteiger partial charge in [0.2, 0.25) is 0 Å². The number of Topliss-reactive ketones (excluding diaryl/α,β-unsaturated/α-hetero) is 1. The molecule has 2 aromatic carbocycles. The lowest BCUT2D eigenvalue weighted by Gasteiger charge is -2.23. The van der Waals surface area contributed by atoms with E-state index < -0.39 is 17.7 Å². The molecule has 0 radical (unpaired) electrons. The number of aliphatic hydroxyl groups is 1. The lowest BCUT2D eigenvalue weighted by molar-refractivity contribution is -0.132. The number of thiazole rings is 1. The van der Waals surface area contributed by atoms with Crippen LogP contribution in [0.1, 0.15) is 48.6 Å². The zero-order chi connectivity index (χ0) is 27.0. The molecule has 1 fully saturated rings. The van der Waals surface area contributed by atoms with E-state index in [-0.39, 0.29) is 11.3 Å². The lowest BCUT2D eigenvalue weighted by Crippen LogP contribution is -2.29. The van der Waals surface area contributed by atoms with E-state index in [2.05, 4.69) is 18.8 Å². The number of aromatic nitrogens is 2. The summed E-state index contributed by atoms with van der Waals surface area (Å²) in [5, 5.41) is 11.7. The highest BCUT2D eigenvalue weighted by Gasteiger charge is 2.48. The number of ketones is 1. The van der Waals surface area contributed by atoms with E-state index >= 15 is 0 Å². The van der Waals surface area contributed by atoms with E-state index in [4.69, 9.17) is 9.72 Å². The molecule has 0 bridgehead atoms. The minimum Gasteiger partial charge on any atom is -0.507 e. The minimum absolute atomic E-state index is 0.00712. The first kappa shape index (κ1) is 25.6. The van der Waals surface area contributed by atoms with Gasteiger partial charge >= 0.3 is 5.91 Å². The summed E-state index contributed by atoms with van der Waals surface area (Å²) in [6.45, 7) is 8.80. The third-order valence-corrected chi connectivity index (χ3v) is 7.56. The van der Waals surface area contributed by atoms with Crippen LogP contribution in [0.5, 0.6) is 5.75 Å². The Hall–Kier alpha value is -4.04. The molecular formula is C30H29N3O4S. The minimum atomic E-state index is -0.876. The maximum absolute atomic E-state index is 13.6.